The minimum atomic E-state index is -0.634. The van der Waals surface area contributed by atoms with Gasteiger partial charge in [0.1, 0.15) is 5.92 Å². The smallest absolute Gasteiger partial charge is 0.275 e. The average Bonchev–Trinajstić information content (AvgIpc) is 3.20. The predicted octanol–water partition coefficient (Wildman–Crippen LogP) is 1.95. The van der Waals surface area contributed by atoms with Crippen LogP contribution in [0.2, 0.25) is 0 Å². The highest BCUT2D eigenvalue weighted by Gasteiger charge is 2.42. The number of carbonyl (C=O) groups excluding carboxylic acids is 2. The predicted molar refractivity (Wildman–Crippen MR) is 77.2 cm³/mol. The molecule has 0 aromatic carbocycles. The number of rotatable bonds is 3. The number of nitrogens with one attached hydrogen (secondary N) is 1. The first-order chi connectivity index (χ1) is 9.97. The van der Waals surface area contributed by atoms with Gasteiger partial charge in [-0.05, 0) is 42.7 Å². The molecule has 3 atom stereocenters. The number of aliphatic imine (C=N–C) groups is 1. The van der Waals surface area contributed by atoms with Gasteiger partial charge in [-0.2, -0.15) is 10.2 Å². The van der Waals surface area contributed by atoms with Gasteiger partial charge in [0, 0.05) is 6.21 Å². The normalized spacial score (nSPS) is 27.9. The number of carbonyl (C=O) groups is 2. The largest absolute Gasteiger partial charge is 0.347 e. The van der Waals surface area contributed by atoms with Gasteiger partial charge in [0.2, 0.25) is 5.91 Å². The fourth-order valence-corrected chi connectivity index (χ4v) is 2.96. The van der Waals surface area contributed by atoms with E-state index in [0.717, 1.165) is 17.7 Å². The van der Waals surface area contributed by atoms with E-state index in [1.807, 2.05) is 13.0 Å². The zero-order valence-electron chi connectivity index (χ0n) is 12.3. The molecule has 0 spiro atoms. The summed E-state index contributed by atoms with van der Waals surface area (Å²) in [5.41, 5.74) is 2.63. The van der Waals surface area contributed by atoms with Gasteiger partial charge in [-0.15, -0.1) is 0 Å². The minimum Gasteiger partial charge on any atom is -0.275 e. The van der Waals surface area contributed by atoms with Crippen LogP contribution in [0.5, 0.6) is 0 Å². The van der Waals surface area contributed by atoms with Crippen molar-refractivity contribution >= 4 is 18.2 Å². The Bertz CT molecular complexity index is 639. The van der Waals surface area contributed by atoms with Crippen LogP contribution in [0, 0.1) is 18.8 Å². The molecule has 2 aliphatic rings. The van der Waals surface area contributed by atoms with Crippen molar-refractivity contribution in [2.24, 2.45) is 16.8 Å². The molecule has 6 heteroatoms. The van der Waals surface area contributed by atoms with Crippen molar-refractivity contribution in [1.29, 1.82) is 0 Å². The van der Waals surface area contributed by atoms with E-state index in [1.54, 1.807) is 0 Å². The number of hydrogen-bond donors (Lipinski definition) is 1. The molecule has 1 aromatic heterocycles. The summed E-state index contributed by atoms with van der Waals surface area (Å²) in [6.07, 6.45) is 2.50. The Hall–Kier alpha value is -2.11. The third kappa shape index (κ3) is 2.57. The summed E-state index contributed by atoms with van der Waals surface area (Å²) in [4.78, 5) is 26.5. The Morgan fingerprint density at radius 2 is 2.05 bits per heavy atom. The number of urea groups is 1. The molecule has 0 bridgehead atoms. The monoisotopic (exact) mass is 286 g/mol. The van der Waals surface area contributed by atoms with Gasteiger partial charge in [-0.25, -0.2) is 9.79 Å². The molecule has 1 saturated carbocycles. The number of imide groups is 1. The molecule has 1 unspecified atom stereocenters. The van der Waals surface area contributed by atoms with Crippen LogP contribution in [0.15, 0.2) is 11.1 Å². The molecule has 1 aliphatic heterocycles. The third-order valence-electron chi connectivity index (χ3n) is 4.30. The molecule has 0 saturated heterocycles. The second kappa shape index (κ2) is 5.02. The lowest BCUT2D eigenvalue weighted by Gasteiger charge is -2.15. The quantitative estimate of drug-likeness (QED) is 0.920. The van der Waals surface area contributed by atoms with E-state index in [4.69, 9.17) is 0 Å². The number of hydrogen-bond acceptors (Lipinski definition) is 4. The Labute approximate surface area is 123 Å². The maximum Gasteiger partial charge on any atom is 0.347 e. The zero-order chi connectivity index (χ0) is 15.1. The summed E-state index contributed by atoms with van der Waals surface area (Å²) in [6, 6.07) is 1.32. The van der Waals surface area contributed by atoms with E-state index < -0.39 is 17.9 Å². The van der Waals surface area contributed by atoms with Crippen molar-refractivity contribution in [2.45, 2.75) is 39.0 Å². The fraction of sp³-hybridized carbons (Fsp3) is 0.533. The van der Waals surface area contributed by atoms with Crippen LogP contribution in [0.25, 0.3) is 0 Å². The standard InChI is InChI=1S/C15H18N4O2/c1-7(2)9-4-11(9)10-5-13(19-18-8(10)3)12-6-16-15(21)17-14(12)20/h5-7,9,11-12H,4H2,1-3H3,(H,17,20,21)/t9-,11+,12?/m1/s1. The van der Waals surface area contributed by atoms with Crippen molar-refractivity contribution in [3.05, 3.63) is 23.0 Å². The summed E-state index contributed by atoms with van der Waals surface area (Å²) >= 11 is 0. The van der Waals surface area contributed by atoms with Crippen LogP contribution in [0.3, 0.4) is 0 Å². The Kier molecular flexibility index (Phi) is 3.31. The molecule has 0 radical (unpaired) electrons. The van der Waals surface area contributed by atoms with Crippen molar-refractivity contribution < 1.29 is 9.59 Å². The van der Waals surface area contributed by atoms with Crippen molar-refractivity contribution in [2.75, 3.05) is 0 Å². The number of amides is 3. The van der Waals surface area contributed by atoms with E-state index in [-0.39, 0.29) is 0 Å². The van der Waals surface area contributed by atoms with Crippen LogP contribution in [0.4, 0.5) is 4.79 Å². The van der Waals surface area contributed by atoms with Crippen LogP contribution < -0.4 is 5.32 Å². The summed E-state index contributed by atoms with van der Waals surface area (Å²) in [7, 11) is 0. The molecule has 1 fully saturated rings. The molecule has 1 aromatic rings. The molecule has 1 aliphatic carbocycles. The number of aromatic nitrogens is 2. The summed E-state index contributed by atoms with van der Waals surface area (Å²) in [5.74, 6) is 0.796. The van der Waals surface area contributed by atoms with E-state index in [0.29, 0.717) is 23.4 Å². The van der Waals surface area contributed by atoms with Crippen LogP contribution >= 0.6 is 0 Å². The van der Waals surface area contributed by atoms with Gasteiger partial charge in [-0.3, -0.25) is 10.1 Å². The molecule has 3 amide bonds. The molecular formula is C15H18N4O2. The second-order valence-electron chi connectivity index (χ2n) is 6.11. The van der Waals surface area contributed by atoms with Crippen molar-refractivity contribution in [1.82, 2.24) is 15.5 Å². The lowest BCUT2D eigenvalue weighted by atomic mass is 9.98. The molecule has 110 valence electrons. The van der Waals surface area contributed by atoms with Crippen LogP contribution in [-0.4, -0.2) is 28.4 Å². The van der Waals surface area contributed by atoms with Gasteiger partial charge in [-0.1, -0.05) is 13.8 Å². The lowest BCUT2D eigenvalue weighted by Crippen LogP contribution is -2.38. The van der Waals surface area contributed by atoms with E-state index in [9.17, 15) is 9.59 Å². The van der Waals surface area contributed by atoms with Crippen LogP contribution in [-0.2, 0) is 4.79 Å². The minimum absolute atomic E-state index is 0.393. The highest BCUT2D eigenvalue weighted by atomic mass is 16.2. The number of nitrogens with zero attached hydrogens (tertiary/aromatic N) is 3. The summed E-state index contributed by atoms with van der Waals surface area (Å²) in [6.45, 7) is 6.39. The second-order valence-corrected chi connectivity index (χ2v) is 6.11. The third-order valence-corrected chi connectivity index (χ3v) is 4.30. The molecule has 2 heterocycles. The Morgan fingerprint density at radius 3 is 2.67 bits per heavy atom. The summed E-state index contributed by atoms with van der Waals surface area (Å²) < 4.78 is 0. The topological polar surface area (TPSA) is 84.3 Å². The molecule has 21 heavy (non-hydrogen) atoms. The maximum absolute atomic E-state index is 11.9. The first-order valence-electron chi connectivity index (χ1n) is 7.20. The highest BCUT2D eigenvalue weighted by Crippen LogP contribution is 2.52. The summed E-state index contributed by atoms with van der Waals surface area (Å²) in [5, 5.41) is 10.5. The van der Waals surface area contributed by atoms with Gasteiger partial charge in [0.05, 0.1) is 11.4 Å². The SMILES string of the molecule is Cc1nnc(C2C=NC(=O)NC2=O)cc1[C@H]1C[C@@H]1C(C)C. The van der Waals surface area contributed by atoms with Crippen molar-refractivity contribution in [3.63, 3.8) is 0 Å². The maximum atomic E-state index is 11.9. The molecule has 6 nitrogen and oxygen atoms in total. The lowest BCUT2D eigenvalue weighted by molar-refractivity contribution is -0.120. The zero-order valence-corrected chi connectivity index (χ0v) is 12.3. The van der Waals surface area contributed by atoms with E-state index in [2.05, 4.69) is 34.4 Å². The number of aryl methyl sites for hydroxylation is 1. The fourth-order valence-electron chi connectivity index (χ4n) is 2.96. The van der Waals surface area contributed by atoms with Crippen molar-refractivity contribution in [3.8, 4) is 0 Å². The molecular weight excluding hydrogens is 268 g/mol. The van der Waals surface area contributed by atoms with Gasteiger partial charge < -0.3 is 0 Å². The van der Waals surface area contributed by atoms with E-state index >= 15 is 0 Å². The Morgan fingerprint density at radius 1 is 1.29 bits per heavy atom. The first-order valence-corrected chi connectivity index (χ1v) is 7.20. The first kappa shape index (κ1) is 13.9. The molecule has 1 N–H and O–H groups in total. The Balaban J connectivity index is 1.90. The van der Waals surface area contributed by atoms with Gasteiger partial charge >= 0.3 is 6.03 Å². The highest BCUT2D eigenvalue weighted by molar-refractivity contribution is 6.12. The van der Waals surface area contributed by atoms with Gasteiger partial charge in [0.15, 0.2) is 0 Å². The van der Waals surface area contributed by atoms with Gasteiger partial charge in [0.25, 0.3) is 0 Å². The van der Waals surface area contributed by atoms with E-state index in [1.165, 1.54) is 6.21 Å². The molecule has 3 rings (SSSR count). The van der Waals surface area contributed by atoms with Crippen LogP contribution in [0.1, 0.15) is 49.1 Å². The average molecular weight is 286 g/mol.